The van der Waals surface area contributed by atoms with Crippen molar-refractivity contribution in [1.82, 2.24) is 15.1 Å². The Bertz CT molecular complexity index is 436. The van der Waals surface area contributed by atoms with E-state index in [-0.39, 0.29) is 11.9 Å². The van der Waals surface area contributed by atoms with E-state index in [0.717, 1.165) is 51.4 Å². The van der Waals surface area contributed by atoms with Gasteiger partial charge in [0.05, 0.1) is 6.04 Å². The van der Waals surface area contributed by atoms with Gasteiger partial charge in [-0.3, -0.25) is 14.5 Å². The van der Waals surface area contributed by atoms with Gasteiger partial charge in [-0.2, -0.15) is 0 Å². The van der Waals surface area contributed by atoms with Crippen molar-refractivity contribution in [3.05, 3.63) is 0 Å². The lowest BCUT2D eigenvalue weighted by Gasteiger charge is -2.37. The second-order valence-corrected chi connectivity index (χ2v) is 7.92. The Morgan fingerprint density at radius 3 is 2.29 bits per heavy atom. The first-order chi connectivity index (χ1) is 11.6. The van der Waals surface area contributed by atoms with Crippen molar-refractivity contribution >= 4 is 11.8 Å². The summed E-state index contributed by atoms with van der Waals surface area (Å²) in [5, 5.41) is 3.08. The van der Waals surface area contributed by atoms with Gasteiger partial charge in [0.1, 0.15) is 0 Å². The Morgan fingerprint density at radius 1 is 1.00 bits per heavy atom. The van der Waals surface area contributed by atoms with Crippen molar-refractivity contribution < 1.29 is 9.59 Å². The Morgan fingerprint density at radius 2 is 1.67 bits per heavy atom. The zero-order valence-corrected chi connectivity index (χ0v) is 15.1. The van der Waals surface area contributed by atoms with Crippen molar-refractivity contribution in [1.29, 1.82) is 0 Å². The van der Waals surface area contributed by atoms with Gasteiger partial charge in [0.2, 0.25) is 11.8 Å². The molecule has 2 saturated carbocycles. The van der Waals surface area contributed by atoms with Crippen LogP contribution >= 0.6 is 0 Å². The SMILES string of the molecule is CC(C(=O)NC1CC1)N1CCN(C(=O)CCC2CCCCC2)CC1. The van der Waals surface area contributed by atoms with Crippen molar-refractivity contribution in [2.24, 2.45) is 5.92 Å². The molecule has 136 valence electrons. The molecule has 3 rings (SSSR count). The van der Waals surface area contributed by atoms with Crippen molar-refractivity contribution in [3.8, 4) is 0 Å². The van der Waals surface area contributed by atoms with Gasteiger partial charge in [-0.15, -0.1) is 0 Å². The minimum absolute atomic E-state index is 0.0786. The largest absolute Gasteiger partial charge is 0.352 e. The Hall–Kier alpha value is -1.10. The third-order valence-electron chi connectivity index (χ3n) is 6.01. The summed E-state index contributed by atoms with van der Waals surface area (Å²) in [7, 11) is 0. The molecule has 2 amide bonds. The van der Waals surface area contributed by atoms with Crippen LogP contribution in [0.15, 0.2) is 0 Å². The molecule has 0 spiro atoms. The van der Waals surface area contributed by atoms with Crippen molar-refractivity contribution in [2.45, 2.75) is 76.8 Å². The van der Waals surface area contributed by atoms with E-state index >= 15 is 0 Å². The topological polar surface area (TPSA) is 52.7 Å². The average Bonchev–Trinajstić information content (AvgIpc) is 3.44. The molecule has 0 bridgehead atoms. The maximum Gasteiger partial charge on any atom is 0.237 e. The molecule has 1 unspecified atom stereocenters. The van der Waals surface area contributed by atoms with Gasteiger partial charge in [0, 0.05) is 38.6 Å². The van der Waals surface area contributed by atoms with Crippen LogP contribution in [0.25, 0.3) is 0 Å². The predicted molar refractivity (Wildman–Crippen MR) is 94.6 cm³/mol. The Labute approximate surface area is 146 Å². The van der Waals surface area contributed by atoms with E-state index in [1.54, 1.807) is 0 Å². The number of amides is 2. The van der Waals surface area contributed by atoms with E-state index in [9.17, 15) is 9.59 Å². The summed E-state index contributed by atoms with van der Waals surface area (Å²) in [5.41, 5.74) is 0. The second-order valence-electron chi connectivity index (χ2n) is 7.92. The van der Waals surface area contributed by atoms with E-state index in [0.29, 0.717) is 18.4 Å². The van der Waals surface area contributed by atoms with Crippen LogP contribution in [0.3, 0.4) is 0 Å². The molecular formula is C19H33N3O2. The van der Waals surface area contributed by atoms with Crippen LogP contribution in [-0.4, -0.2) is 59.9 Å². The molecule has 5 heteroatoms. The lowest BCUT2D eigenvalue weighted by Crippen LogP contribution is -2.55. The summed E-state index contributed by atoms with van der Waals surface area (Å²) in [5.74, 6) is 1.24. The van der Waals surface area contributed by atoms with Crippen LogP contribution in [0, 0.1) is 5.92 Å². The lowest BCUT2D eigenvalue weighted by atomic mass is 9.86. The van der Waals surface area contributed by atoms with Gasteiger partial charge < -0.3 is 10.2 Å². The summed E-state index contributed by atoms with van der Waals surface area (Å²) in [6.07, 6.45) is 10.7. The molecule has 2 aliphatic carbocycles. The monoisotopic (exact) mass is 335 g/mol. The highest BCUT2D eigenvalue weighted by molar-refractivity contribution is 5.82. The molecule has 1 aliphatic heterocycles. The van der Waals surface area contributed by atoms with Crippen LogP contribution in [0.1, 0.15) is 64.7 Å². The molecule has 1 atom stereocenters. The average molecular weight is 335 g/mol. The molecule has 0 aromatic rings. The summed E-state index contributed by atoms with van der Waals surface area (Å²) >= 11 is 0. The third kappa shape index (κ3) is 4.95. The van der Waals surface area contributed by atoms with E-state index in [4.69, 9.17) is 0 Å². The van der Waals surface area contributed by atoms with Crippen LogP contribution in [0.5, 0.6) is 0 Å². The number of piperazine rings is 1. The number of hydrogen-bond acceptors (Lipinski definition) is 3. The molecular weight excluding hydrogens is 302 g/mol. The minimum Gasteiger partial charge on any atom is -0.352 e. The third-order valence-corrected chi connectivity index (χ3v) is 6.01. The number of hydrogen-bond donors (Lipinski definition) is 1. The number of nitrogens with one attached hydrogen (secondary N) is 1. The first-order valence-electron chi connectivity index (χ1n) is 9.95. The van der Waals surface area contributed by atoms with E-state index in [1.807, 2.05) is 11.8 Å². The van der Waals surface area contributed by atoms with Gasteiger partial charge in [0.15, 0.2) is 0 Å². The maximum absolute atomic E-state index is 12.4. The van der Waals surface area contributed by atoms with Crippen LogP contribution in [0.4, 0.5) is 0 Å². The number of nitrogens with zero attached hydrogens (tertiary/aromatic N) is 2. The summed E-state index contributed by atoms with van der Waals surface area (Å²) < 4.78 is 0. The van der Waals surface area contributed by atoms with Gasteiger partial charge in [-0.1, -0.05) is 32.1 Å². The highest BCUT2D eigenvalue weighted by Gasteiger charge is 2.30. The number of carbonyl (C=O) groups excluding carboxylic acids is 2. The first kappa shape index (κ1) is 17.7. The molecule has 1 N–H and O–H groups in total. The zero-order valence-electron chi connectivity index (χ0n) is 15.1. The van der Waals surface area contributed by atoms with Gasteiger partial charge in [-0.25, -0.2) is 0 Å². The fourth-order valence-electron chi connectivity index (χ4n) is 4.04. The van der Waals surface area contributed by atoms with Crippen LogP contribution < -0.4 is 5.32 Å². The first-order valence-corrected chi connectivity index (χ1v) is 9.95. The predicted octanol–water partition coefficient (Wildman–Crippen LogP) is 2.16. The molecule has 1 heterocycles. The molecule has 0 aromatic heterocycles. The maximum atomic E-state index is 12.4. The number of rotatable bonds is 6. The molecule has 24 heavy (non-hydrogen) atoms. The Balaban J connectivity index is 1.35. The van der Waals surface area contributed by atoms with Gasteiger partial charge >= 0.3 is 0 Å². The molecule has 1 saturated heterocycles. The standard InChI is InChI=1S/C19H33N3O2/c1-15(19(24)20-17-8-9-17)21-11-13-22(14-12-21)18(23)10-7-16-5-3-2-4-6-16/h15-17H,2-14H2,1H3,(H,20,24). The van der Waals surface area contributed by atoms with Gasteiger partial charge in [0.25, 0.3) is 0 Å². The molecule has 0 radical (unpaired) electrons. The van der Waals surface area contributed by atoms with Crippen LogP contribution in [-0.2, 0) is 9.59 Å². The van der Waals surface area contributed by atoms with E-state index < -0.39 is 0 Å². The van der Waals surface area contributed by atoms with E-state index in [2.05, 4.69) is 10.2 Å². The van der Waals surface area contributed by atoms with E-state index in [1.165, 1.54) is 32.1 Å². The van der Waals surface area contributed by atoms with Crippen molar-refractivity contribution in [3.63, 3.8) is 0 Å². The second kappa shape index (κ2) is 8.32. The molecule has 0 aromatic carbocycles. The molecule has 5 nitrogen and oxygen atoms in total. The lowest BCUT2D eigenvalue weighted by molar-refractivity contribution is -0.134. The molecule has 3 aliphatic rings. The quantitative estimate of drug-likeness (QED) is 0.809. The highest BCUT2D eigenvalue weighted by atomic mass is 16.2. The summed E-state index contributed by atoms with van der Waals surface area (Å²) in [4.78, 5) is 28.8. The minimum atomic E-state index is -0.0786. The summed E-state index contributed by atoms with van der Waals surface area (Å²) in [6, 6.07) is 0.340. The fraction of sp³-hybridized carbons (Fsp3) is 0.895. The normalized spacial score (nSPS) is 24.6. The number of carbonyl (C=O) groups is 2. The Kier molecular flexibility index (Phi) is 6.14. The fourth-order valence-corrected chi connectivity index (χ4v) is 4.04. The van der Waals surface area contributed by atoms with Gasteiger partial charge in [-0.05, 0) is 32.1 Å². The summed E-state index contributed by atoms with van der Waals surface area (Å²) in [6.45, 7) is 5.15. The van der Waals surface area contributed by atoms with Crippen molar-refractivity contribution in [2.75, 3.05) is 26.2 Å². The van der Waals surface area contributed by atoms with Crippen LogP contribution in [0.2, 0.25) is 0 Å². The molecule has 3 fully saturated rings. The zero-order chi connectivity index (χ0) is 16.9. The highest BCUT2D eigenvalue weighted by Crippen LogP contribution is 2.27. The smallest absolute Gasteiger partial charge is 0.237 e.